The molecule has 2 heterocycles. The Balaban J connectivity index is 1.23. The molecule has 0 bridgehead atoms. The van der Waals surface area contributed by atoms with E-state index >= 15 is 0 Å². The third-order valence-corrected chi connectivity index (χ3v) is 7.40. The van der Waals surface area contributed by atoms with E-state index in [1.54, 1.807) is 11.8 Å². The first-order valence-electron chi connectivity index (χ1n) is 11.2. The Hall–Kier alpha value is -2.89. The molecule has 1 aliphatic rings. The minimum atomic E-state index is 0.210. The summed E-state index contributed by atoms with van der Waals surface area (Å²) >= 11 is 7.68. The zero-order valence-electron chi connectivity index (χ0n) is 18.4. The maximum atomic E-state index is 12.9. The van der Waals surface area contributed by atoms with Crippen LogP contribution >= 0.6 is 23.4 Å². The lowest BCUT2D eigenvalue weighted by molar-refractivity contribution is -0.128. The van der Waals surface area contributed by atoms with Gasteiger partial charge in [-0.2, -0.15) is 0 Å². The van der Waals surface area contributed by atoms with Crippen LogP contribution < -0.4 is 4.90 Å². The molecule has 6 heteroatoms. The average molecular weight is 476 g/mol. The first kappa shape index (κ1) is 21.9. The summed E-state index contributed by atoms with van der Waals surface area (Å²) in [4.78, 5) is 18.4. The molecule has 5 rings (SSSR count). The van der Waals surface area contributed by atoms with E-state index < -0.39 is 0 Å². The highest BCUT2D eigenvalue weighted by atomic mass is 35.5. The highest BCUT2D eigenvalue weighted by molar-refractivity contribution is 8.00. The smallest absolute Gasteiger partial charge is 0.233 e. The number of thioether (sulfide) groups is 1. The maximum Gasteiger partial charge on any atom is 0.233 e. The van der Waals surface area contributed by atoms with E-state index in [0.717, 1.165) is 42.6 Å². The van der Waals surface area contributed by atoms with E-state index in [0.29, 0.717) is 5.75 Å². The Labute approximate surface area is 203 Å². The number of hydrogen-bond acceptors (Lipinski definition) is 3. The van der Waals surface area contributed by atoms with Crippen molar-refractivity contribution < 1.29 is 4.79 Å². The largest absolute Gasteiger partial charge is 0.368 e. The van der Waals surface area contributed by atoms with Crippen LogP contribution in [0.3, 0.4) is 0 Å². The van der Waals surface area contributed by atoms with E-state index in [1.807, 2.05) is 23.1 Å². The van der Waals surface area contributed by atoms with Gasteiger partial charge in [0.05, 0.1) is 5.75 Å². The van der Waals surface area contributed by atoms with Gasteiger partial charge in [-0.25, -0.2) is 0 Å². The van der Waals surface area contributed by atoms with Crippen LogP contribution in [0.5, 0.6) is 0 Å². The third-order valence-electron chi connectivity index (χ3n) is 6.12. The number of benzene rings is 3. The second-order valence-electron chi connectivity index (χ2n) is 8.26. The van der Waals surface area contributed by atoms with Crippen LogP contribution in [0.4, 0.5) is 5.69 Å². The summed E-state index contributed by atoms with van der Waals surface area (Å²) in [7, 11) is 0. The minimum absolute atomic E-state index is 0.210. The van der Waals surface area contributed by atoms with Crippen LogP contribution in [0.1, 0.15) is 5.56 Å². The Morgan fingerprint density at radius 3 is 2.30 bits per heavy atom. The summed E-state index contributed by atoms with van der Waals surface area (Å²) in [6, 6.07) is 26.8. The van der Waals surface area contributed by atoms with E-state index in [2.05, 4.69) is 76.3 Å². The number of aromatic nitrogens is 1. The summed E-state index contributed by atoms with van der Waals surface area (Å²) in [6.45, 7) is 4.06. The van der Waals surface area contributed by atoms with Gasteiger partial charge >= 0.3 is 0 Å². The lowest BCUT2D eigenvalue weighted by Gasteiger charge is -2.36. The number of rotatable bonds is 6. The summed E-state index contributed by atoms with van der Waals surface area (Å²) in [5.74, 6) is 0.669. The molecule has 33 heavy (non-hydrogen) atoms. The van der Waals surface area contributed by atoms with Crippen molar-refractivity contribution in [3.05, 3.63) is 95.6 Å². The zero-order valence-corrected chi connectivity index (χ0v) is 19.9. The number of anilines is 1. The highest BCUT2D eigenvalue weighted by Gasteiger charge is 2.21. The monoisotopic (exact) mass is 475 g/mol. The number of amides is 1. The van der Waals surface area contributed by atoms with Crippen molar-refractivity contribution in [1.82, 2.24) is 9.47 Å². The molecule has 0 radical (unpaired) electrons. The van der Waals surface area contributed by atoms with Gasteiger partial charge in [-0.3, -0.25) is 4.79 Å². The third kappa shape index (κ3) is 5.05. The molecule has 1 aromatic heterocycles. The van der Waals surface area contributed by atoms with Gasteiger partial charge < -0.3 is 14.4 Å². The van der Waals surface area contributed by atoms with Crippen molar-refractivity contribution >= 4 is 45.9 Å². The standard InChI is InChI=1S/C27H26ClN3OS/c28-22-12-10-21(11-13-22)18-31-19-26(24-8-4-5-9-25(24)31)33-20-27(32)30-16-14-29(15-17-30)23-6-2-1-3-7-23/h1-13,19H,14-18,20H2. The number of para-hydroxylation sites is 2. The predicted molar refractivity (Wildman–Crippen MR) is 138 cm³/mol. The Morgan fingerprint density at radius 2 is 1.55 bits per heavy atom. The molecule has 0 aliphatic carbocycles. The van der Waals surface area contributed by atoms with Crippen molar-refractivity contribution in [3.8, 4) is 0 Å². The van der Waals surface area contributed by atoms with Crippen molar-refractivity contribution in [2.45, 2.75) is 11.4 Å². The van der Waals surface area contributed by atoms with Crippen molar-refractivity contribution in [1.29, 1.82) is 0 Å². The van der Waals surface area contributed by atoms with Crippen LogP contribution in [0.2, 0.25) is 5.02 Å². The summed E-state index contributed by atoms with van der Waals surface area (Å²) in [5.41, 5.74) is 3.61. The summed E-state index contributed by atoms with van der Waals surface area (Å²) in [6.07, 6.45) is 2.17. The maximum absolute atomic E-state index is 12.9. The number of carbonyl (C=O) groups excluding carboxylic acids is 1. The van der Waals surface area contributed by atoms with Crippen LogP contribution in [-0.2, 0) is 11.3 Å². The molecule has 0 spiro atoms. The summed E-state index contributed by atoms with van der Waals surface area (Å²) in [5, 5.41) is 1.94. The fraction of sp³-hybridized carbons (Fsp3) is 0.222. The lowest BCUT2D eigenvalue weighted by Crippen LogP contribution is -2.49. The van der Waals surface area contributed by atoms with E-state index in [9.17, 15) is 4.79 Å². The second-order valence-corrected chi connectivity index (χ2v) is 9.71. The molecule has 1 amide bonds. The van der Waals surface area contributed by atoms with Crippen molar-refractivity contribution in [2.75, 3.05) is 36.8 Å². The molecule has 4 nitrogen and oxygen atoms in total. The van der Waals surface area contributed by atoms with Gasteiger partial charge in [0.15, 0.2) is 0 Å². The average Bonchev–Trinajstić information content (AvgIpc) is 3.22. The van der Waals surface area contributed by atoms with E-state index in [1.165, 1.54) is 22.2 Å². The SMILES string of the molecule is O=C(CSc1cn(Cc2ccc(Cl)cc2)c2ccccc12)N1CCN(c2ccccc2)CC1. The Morgan fingerprint density at radius 1 is 0.848 bits per heavy atom. The molecule has 0 atom stereocenters. The number of halogens is 1. The lowest BCUT2D eigenvalue weighted by atomic mass is 10.2. The quantitative estimate of drug-likeness (QED) is 0.331. The Bertz CT molecular complexity index is 1230. The van der Waals surface area contributed by atoms with Crippen LogP contribution in [-0.4, -0.2) is 47.3 Å². The van der Waals surface area contributed by atoms with Gasteiger partial charge in [0.2, 0.25) is 5.91 Å². The van der Waals surface area contributed by atoms with Gasteiger partial charge in [0, 0.05) is 65.4 Å². The molecule has 0 saturated carbocycles. The zero-order chi connectivity index (χ0) is 22.6. The molecule has 0 unspecified atom stereocenters. The number of hydrogen-bond donors (Lipinski definition) is 0. The fourth-order valence-corrected chi connectivity index (χ4v) is 5.45. The van der Waals surface area contributed by atoms with Crippen molar-refractivity contribution in [2.24, 2.45) is 0 Å². The van der Waals surface area contributed by atoms with Gasteiger partial charge in [0.1, 0.15) is 0 Å². The molecular weight excluding hydrogens is 450 g/mol. The number of carbonyl (C=O) groups is 1. The first-order chi connectivity index (χ1) is 16.2. The van der Waals surface area contributed by atoms with Gasteiger partial charge in [-0.15, -0.1) is 11.8 Å². The Kier molecular flexibility index (Phi) is 6.60. The number of fused-ring (bicyclic) bond motifs is 1. The van der Waals surface area contributed by atoms with Gasteiger partial charge in [-0.1, -0.05) is 60.1 Å². The number of piperazine rings is 1. The van der Waals surface area contributed by atoms with E-state index in [-0.39, 0.29) is 5.91 Å². The minimum Gasteiger partial charge on any atom is -0.368 e. The molecule has 3 aromatic carbocycles. The summed E-state index contributed by atoms with van der Waals surface area (Å²) < 4.78 is 2.25. The topological polar surface area (TPSA) is 28.5 Å². The molecular formula is C27H26ClN3OS. The van der Waals surface area contributed by atoms with E-state index in [4.69, 9.17) is 11.6 Å². The van der Waals surface area contributed by atoms with Crippen LogP contribution in [0.25, 0.3) is 10.9 Å². The molecule has 0 N–H and O–H groups in total. The van der Waals surface area contributed by atoms with Crippen molar-refractivity contribution in [3.63, 3.8) is 0 Å². The molecule has 4 aromatic rings. The molecule has 168 valence electrons. The molecule has 1 aliphatic heterocycles. The predicted octanol–water partition coefficient (Wildman–Crippen LogP) is 5.78. The van der Waals surface area contributed by atoms with Crippen LogP contribution in [0, 0.1) is 0 Å². The normalized spacial score (nSPS) is 14.1. The van der Waals surface area contributed by atoms with Gasteiger partial charge in [0.25, 0.3) is 0 Å². The highest BCUT2D eigenvalue weighted by Crippen LogP contribution is 2.31. The second kappa shape index (κ2) is 9.94. The molecule has 1 fully saturated rings. The molecule has 1 saturated heterocycles. The van der Waals surface area contributed by atoms with Gasteiger partial charge in [-0.05, 0) is 35.9 Å². The van der Waals surface area contributed by atoms with Crippen LogP contribution in [0.15, 0.2) is 90.0 Å². The number of nitrogens with zero attached hydrogens (tertiary/aromatic N) is 3. The first-order valence-corrected chi connectivity index (χ1v) is 12.6. The fourth-order valence-electron chi connectivity index (χ4n) is 4.33.